The Balaban J connectivity index is 2.76. The monoisotopic (exact) mass is 415 g/mol. The summed E-state index contributed by atoms with van der Waals surface area (Å²) in [4.78, 5) is 35.9. The maximum atomic E-state index is 12.4. The van der Waals surface area contributed by atoms with Gasteiger partial charge in [-0.3, -0.25) is 9.59 Å². The smallest absolute Gasteiger partial charge is 0.327 e. The summed E-state index contributed by atoms with van der Waals surface area (Å²) < 4.78 is 0. The van der Waals surface area contributed by atoms with E-state index in [2.05, 4.69) is 23.3 Å². The summed E-state index contributed by atoms with van der Waals surface area (Å²) in [5, 5.41) is 14.7. The van der Waals surface area contributed by atoms with Gasteiger partial charge in [-0.05, 0) is 36.5 Å². The van der Waals surface area contributed by atoms with Crippen molar-refractivity contribution in [1.82, 2.24) is 10.6 Å². The van der Waals surface area contributed by atoms with Crippen molar-refractivity contribution in [2.24, 2.45) is 11.7 Å². The van der Waals surface area contributed by atoms with Crippen LogP contribution in [0.5, 0.6) is 0 Å². The molecule has 150 valence electrons. The Kier molecular flexibility index (Phi) is 9.62. The lowest BCUT2D eigenvalue weighted by atomic mass is 10.0. The molecule has 27 heavy (non-hydrogen) atoms. The van der Waals surface area contributed by atoms with Crippen LogP contribution >= 0.6 is 24.2 Å². The summed E-state index contributed by atoms with van der Waals surface area (Å²) >= 11 is 9.76. The lowest BCUT2D eigenvalue weighted by Gasteiger charge is -2.23. The molecule has 7 nitrogen and oxygen atoms in total. The van der Waals surface area contributed by atoms with Crippen LogP contribution in [0.3, 0.4) is 0 Å². The van der Waals surface area contributed by atoms with Crippen LogP contribution in [0.1, 0.15) is 25.8 Å². The molecule has 3 atom stereocenters. The topological polar surface area (TPSA) is 122 Å². The van der Waals surface area contributed by atoms with Crippen molar-refractivity contribution in [3.8, 4) is 0 Å². The van der Waals surface area contributed by atoms with E-state index in [4.69, 9.17) is 22.4 Å². The molecular weight excluding hydrogens is 390 g/mol. The minimum Gasteiger partial charge on any atom is -0.480 e. The number of carboxylic acid groups (broad SMARTS) is 1. The number of benzene rings is 1. The molecule has 0 saturated heterocycles. The molecule has 0 bridgehead atoms. The Labute approximate surface area is 169 Å². The zero-order chi connectivity index (χ0) is 20.6. The predicted octanol–water partition coefficient (Wildman–Crippen LogP) is 1.24. The molecule has 1 aromatic carbocycles. The number of nitrogens with one attached hydrogen (secondary N) is 2. The number of aliphatic carboxylic acids is 1. The number of nitrogens with two attached hydrogens (primary N) is 1. The van der Waals surface area contributed by atoms with E-state index in [0.29, 0.717) is 11.4 Å². The normalized spacial score (nSPS) is 14.3. The van der Waals surface area contributed by atoms with E-state index in [1.165, 1.54) is 0 Å². The Bertz CT molecular complexity index is 655. The molecule has 2 amide bonds. The van der Waals surface area contributed by atoms with Crippen molar-refractivity contribution in [1.29, 1.82) is 0 Å². The van der Waals surface area contributed by atoms with Crippen LogP contribution in [0.15, 0.2) is 24.3 Å². The number of carbonyl (C=O) groups excluding carboxylic acids is 2. The maximum Gasteiger partial charge on any atom is 0.327 e. The van der Waals surface area contributed by atoms with Gasteiger partial charge in [-0.15, -0.1) is 0 Å². The first kappa shape index (κ1) is 23.3. The summed E-state index contributed by atoms with van der Waals surface area (Å²) in [6, 6.07) is 4.11. The first-order valence-electron chi connectivity index (χ1n) is 8.58. The van der Waals surface area contributed by atoms with Gasteiger partial charge in [0, 0.05) is 10.8 Å². The minimum atomic E-state index is -1.19. The van der Waals surface area contributed by atoms with Crippen molar-refractivity contribution in [3.05, 3.63) is 34.9 Å². The molecule has 0 aliphatic carbocycles. The summed E-state index contributed by atoms with van der Waals surface area (Å²) in [6.07, 6.45) is 0.636. The average molecular weight is 416 g/mol. The number of hydrogen-bond donors (Lipinski definition) is 5. The van der Waals surface area contributed by atoms with E-state index >= 15 is 0 Å². The average Bonchev–Trinajstić information content (AvgIpc) is 2.59. The van der Waals surface area contributed by atoms with Gasteiger partial charge in [0.2, 0.25) is 11.8 Å². The fraction of sp³-hybridized carbons (Fsp3) is 0.500. The highest BCUT2D eigenvalue weighted by molar-refractivity contribution is 7.80. The molecule has 0 heterocycles. The van der Waals surface area contributed by atoms with Gasteiger partial charge >= 0.3 is 5.97 Å². The van der Waals surface area contributed by atoms with Crippen molar-refractivity contribution in [2.45, 2.75) is 44.8 Å². The van der Waals surface area contributed by atoms with Gasteiger partial charge in [-0.2, -0.15) is 12.6 Å². The summed E-state index contributed by atoms with van der Waals surface area (Å²) in [5.41, 5.74) is 6.80. The zero-order valence-electron chi connectivity index (χ0n) is 15.3. The largest absolute Gasteiger partial charge is 0.480 e. The third-order valence-electron chi connectivity index (χ3n) is 3.84. The number of amides is 2. The third-order valence-corrected chi connectivity index (χ3v) is 4.46. The molecule has 9 heteroatoms. The Hall–Kier alpha value is -1.77. The van der Waals surface area contributed by atoms with Gasteiger partial charge in [0.05, 0.1) is 6.04 Å². The Morgan fingerprint density at radius 1 is 1.11 bits per heavy atom. The lowest BCUT2D eigenvalue weighted by Crippen LogP contribution is -2.55. The van der Waals surface area contributed by atoms with Crippen LogP contribution in [0.2, 0.25) is 5.02 Å². The second kappa shape index (κ2) is 11.2. The highest BCUT2D eigenvalue weighted by Gasteiger charge is 2.28. The van der Waals surface area contributed by atoms with E-state index in [-0.39, 0.29) is 18.1 Å². The molecule has 1 rings (SSSR count). The summed E-state index contributed by atoms with van der Waals surface area (Å²) in [5.74, 6) is -2.19. The van der Waals surface area contributed by atoms with Crippen molar-refractivity contribution in [2.75, 3.05) is 5.75 Å². The first-order valence-corrected chi connectivity index (χ1v) is 9.59. The van der Waals surface area contributed by atoms with Gasteiger partial charge in [0.1, 0.15) is 12.1 Å². The molecule has 0 aromatic heterocycles. The second-order valence-corrected chi connectivity index (χ2v) is 7.51. The van der Waals surface area contributed by atoms with E-state index in [0.717, 1.165) is 5.56 Å². The molecule has 0 fully saturated rings. The molecule has 0 spiro atoms. The van der Waals surface area contributed by atoms with E-state index in [1.807, 2.05) is 13.8 Å². The van der Waals surface area contributed by atoms with Crippen LogP contribution in [-0.4, -0.2) is 46.8 Å². The van der Waals surface area contributed by atoms with Crippen LogP contribution in [0, 0.1) is 5.92 Å². The number of halogens is 1. The number of carbonyl (C=O) groups is 3. The molecule has 0 aliphatic rings. The van der Waals surface area contributed by atoms with E-state index in [9.17, 15) is 14.4 Å². The first-order chi connectivity index (χ1) is 12.6. The lowest BCUT2D eigenvalue weighted by molar-refractivity contribution is -0.141. The molecule has 0 radical (unpaired) electrons. The number of hydrogen-bond acceptors (Lipinski definition) is 5. The van der Waals surface area contributed by atoms with Crippen LogP contribution in [0.4, 0.5) is 0 Å². The van der Waals surface area contributed by atoms with E-state index in [1.54, 1.807) is 24.3 Å². The van der Waals surface area contributed by atoms with Crippen LogP contribution in [-0.2, 0) is 20.8 Å². The molecule has 0 aliphatic heterocycles. The standard InChI is InChI=1S/C18H26ClN3O4S/c1-10(2)7-14(17(24)22-15(9-27)18(25)26)21-16(23)13(20)8-11-3-5-12(19)6-4-11/h3-6,10,13-15,27H,7-9,20H2,1-2H3,(H,21,23)(H,22,24)(H,25,26)/t13-,14-,15-/m0/s1. The third kappa shape index (κ3) is 8.19. The predicted molar refractivity (Wildman–Crippen MR) is 108 cm³/mol. The van der Waals surface area contributed by atoms with Crippen molar-refractivity contribution in [3.63, 3.8) is 0 Å². The molecule has 5 N–H and O–H groups in total. The van der Waals surface area contributed by atoms with Gasteiger partial charge in [0.15, 0.2) is 0 Å². The highest BCUT2D eigenvalue weighted by atomic mass is 35.5. The molecule has 0 unspecified atom stereocenters. The minimum absolute atomic E-state index is 0.0561. The molecule has 1 aromatic rings. The zero-order valence-corrected chi connectivity index (χ0v) is 17.0. The Morgan fingerprint density at radius 3 is 2.15 bits per heavy atom. The van der Waals surface area contributed by atoms with Gasteiger partial charge in [0.25, 0.3) is 0 Å². The fourth-order valence-corrected chi connectivity index (χ4v) is 2.78. The van der Waals surface area contributed by atoms with Crippen LogP contribution < -0.4 is 16.4 Å². The van der Waals surface area contributed by atoms with E-state index < -0.39 is 35.9 Å². The molecule has 0 saturated carbocycles. The summed E-state index contributed by atoms with van der Waals surface area (Å²) in [6.45, 7) is 3.79. The maximum absolute atomic E-state index is 12.4. The highest BCUT2D eigenvalue weighted by Crippen LogP contribution is 2.11. The SMILES string of the molecule is CC(C)C[C@H](NC(=O)[C@@H](N)Cc1ccc(Cl)cc1)C(=O)N[C@@H](CS)C(=O)O. The molecular formula is C18H26ClN3O4S. The van der Waals surface area contributed by atoms with Crippen LogP contribution in [0.25, 0.3) is 0 Å². The number of thiol groups is 1. The summed E-state index contributed by atoms with van der Waals surface area (Å²) in [7, 11) is 0. The number of rotatable bonds is 10. The van der Waals surface area contributed by atoms with Gasteiger partial charge in [-0.1, -0.05) is 37.6 Å². The number of carboxylic acids is 1. The van der Waals surface area contributed by atoms with Crippen molar-refractivity contribution >= 4 is 42.0 Å². The Morgan fingerprint density at radius 2 is 1.67 bits per heavy atom. The fourth-order valence-electron chi connectivity index (χ4n) is 2.41. The van der Waals surface area contributed by atoms with Gasteiger partial charge < -0.3 is 21.5 Å². The quantitative estimate of drug-likeness (QED) is 0.368. The van der Waals surface area contributed by atoms with Crippen molar-refractivity contribution < 1.29 is 19.5 Å². The second-order valence-electron chi connectivity index (χ2n) is 6.71. The van der Waals surface area contributed by atoms with Gasteiger partial charge in [-0.25, -0.2) is 4.79 Å².